The van der Waals surface area contributed by atoms with Crippen molar-refractivity contribution < 1.29 is 33.3 Å². The van der Waals surface area contributed by atoms with E-state index in [-0.39, 0.29) is 12.7 Å². The minimum Gasteiger partial charge on any atom is -0.434 e. The van der Waals surface area contributed by atoms with Gasteiger partial charge >= 0.3 is 11.9 Å². The van der Waals surface area contributed by atoms with E-state index in [0.717, 1.165) is 18.4 Å². The first-order chi connectivity index (χ1) is 16.2. The topological polar surface area (TPSA) is 80.3 Å². The number of halogens is 1. The van der Waals surface area contributed by atoms with E-state index in [9.17, 15) is 9.59 Å². The highest BCUT2D eigenvalue weighted by Crippen LogP contribution is 2.77. The second kappa shape index (κ2) is 8.87. The van der Waals surface area contributed by atoms with Crippen molar-refractivity contribution in [2.45, 2.75) is 75.8 Å². The largest absolute Gasteiger partial charge is 0.434 e. The Morgan fingerprint density at radius 2 is 1.79 bits per heavy atom. The number of hydrogen-bond acceptors (Lipinski definition) is 7. The van der Waals surface area contributed by atoms with Crippen LogP contribution in [0.1, 0.15) is 45.6 Å². The van der Waals surface area contributed by atoms with E-state index >= 15 is 0 Å². The first-order valence-corrected chi connectivity index (χ1v) is 13.0. The van der Waals surface area contributed by atoms with Gasteiger partial charge < -0.3 is 23.7 Å². The summed E-state index contributed by atoms with van der Waals surface area (Å²) in [5.74, 6) is -0.226. The zero-order valence-electron chi connectivity index (χ0n) is 20.1. The first-order valence-electron chi connectivity index (χ1n) is 12.2. The molecule has 0 amide bonds. The van der Waals surface area contributed by atoms with Crippen LogP contribution in [-0.4, -0.2) is 48.2 Å². The molecular formula is C26H33BrO7. The highest BCUT2D eigenvalue weighted by atomic mass is 79.9. The summed E-state index contributed by atoms with van der Waals surface area (Å²) in [6.07, 6.45) is 0.570. The van der Waals surface area contributed by atoms with Crippen LogP contribution in [0, 0.1) is 29.1 Å². The van der Waals surface area contributed by atoms with E-state index in [1.165, 1.54) is 13.5 Å². The van der Waals surface area contributed by atoms with Gasteiger partial charge in [0.2, 0.25) is 12.6 Å². The minimum atomic E-state index is -1.25. The SMILES string of the molecule is CO[C@@H]1OC(=O)[C@]2(Br)[C@H]1[C@@]21C(=O)O[C@@H](O[C@@H]2C[C@H](C)CC[C@H]2C(C)C)[C@@H]1OCc1ccccc1. The van der Waals surface area contributed by atoms with E-state index in [2.05, 4.69) is 36.7 Å². The lowest BCUT2D eigenvalue weighted by Gasteiger charge is -2.39. The number of fused-ring (bicyclic) bond motifs is 3. The molecule has 2 aliphatic heterocycles. The van der Waals surface area contributed by atoms with Gasteiger partial charge in [-0.05, 0) is 36.2 Å². The summed E-state index contributed by atoms with van der Waals surface area (Å²) in [6, 6.07) is 9.73. The van der Waals surface area contributed by atoms with E-state index in [1.807, 2.05) is 30.3 Å². The monoisotopic (exact) mass is 536 g/mol. The Balaban J connectivity index is 1.46. The number of esters is 2. The third kappa shape index (κ3) is 3.47. The molecule has 186 valence electrons. The molecule has 0 unspecified atom stereocenters. The maximum Gasteiger partial charge on any atom is 0.327 e. The molecule has 2 saturated carbocycles. The van der Waals surface area contributed by atoms with Gasteiger partial charge in [0.1, 0.15) is 11.5 Å². The Morgan fingerprint density at radius 3 is 2.47 bits per heavy atom. The molecule has 1 spiro atoms. The number of carbonyl (C=O) groups is 2. The molecule has 2 saturated heterocycles. The van der Waals surface area contributed by atoms with Crippen molar-refractivity contribution in [1.29, 1.82) is 0 Å². The van der Waals surface area contributed by atoms with Crippen LogP contribution >= 0.6 is 15.9 Å². The Morgan fingerprint density at radius 1 is 1.09 bits per heavy atom. The Bertz CT molecular complexity index is 938. The van der Waals surface area contributed by atoms with Crippen molar-refractivity contribution in [2.24, 2.45) is 29.1 Å². The highest BCUT2D eigenvalue weighted by Gasteiger charge is 2.96. The summed E-state index contributed by atoms with van der Waals surface area (Å²) in [5.41, 5.74) is -0.293. The van der Waals surface area contributed by atoms with Gasteiger partial charge in [-0.15, -0.1) is 0 Å². The number of benzene rings is 1. The van der Waals surface area contributed by atoms with Crippen LogP contribution < -0.4 is 0 Å². The standard InChI is InChI=1S/C26H33BrO7/c1-14(2)17-11-10-15(3)12-18(17)32-22-20(31-13-16-8-6-5-7-9-16)25(23(28)34-22)19-21(30-4)33-24(29)26(19,25)27/h5-9,14-15,17-22H,10-13H2,1-4H3/t15-,17+,18-,19-,20+,21-,22-,25-,26-/m1/s1. The molecule has 0 N–H and O–H groups in total. The molecule has 34 heavy (non-hydrogen) atoms. The fraction of sp³-hybridized carbons (Fsp3) is 0.692. The maximum atomic E-state index is 13.5. The summed E-state index contributed by atoms with van der Waals surface area (Å²) in [4.78, 5) is 26.3. The molecule has 1 aromatic carbocycles. The number of rotatable bonds is 7. The molecule has 0 radical (unpaired) electrons. The van der Waals surface area contributed by atoms with Gasteiger partial charge in [0.25, 0.3) is 0 Å². The molecule has 0 aromatic heterocycles. The van der Waals surface area contributed by atoms with Crippen molar-refractivity contribution in [3.05, 3.63) is 35.9 Å². The molecule has 8 heteroatoms. The smallest absolute Gasteiger partial charge is 0.327 e. The average molecular weight is 537 g/mol. The molecule has 1 aromatic rings. The summed E-state index contributed by atoms with van der Waals surface area (Å²) in [7, 11) is 1.47. The van der Waals surface area contributed by atoms with Gasteiger partial charge in [-0.25, -0.2) is 0 Å². The van der Waals surface area contributed by atoms with Crippen molar-refractivity contribution in [3.8, 4) is 0 Å². The molecule has 2 aliphatic carbocycles. The summed E-state index contributed by atoms with van der Waals surface area (Å²) in [6.45, 7) is 6.92. The Hall–Kier alpha value is -1.48. The maximum absolute atomic E-state index is 13.5. The number of alkyl halides is 1. The number of carbonyl (C=O) groups excluding carboxylic acids is 2. The molecule has 0 bridgehead atoms. The van der Waals surface area contributed by atoms with E-state index in [0.29, 0.717) is 17.8 Å². The summed E-state index contributed by atoms with van der Waals surface area (Å²) < 4.78 is 28.4. The molecule has 7 nitrogen and oxygen atoms in total. The molecule has 9 atom stereocenters. The third-order valence-electron chi connectivity index (χ3n) is 8.26. The van der Waals surface area contributed by atoms with Gasteiger partial charge in [0.15, 0.2) is 4.32 Å². The summed E-state index contributed by atoms with van der Waals surface area (Å²) in [5, 5.41) is 0. The zero-order valence-corrected chi connectivity index (χ0v) is 21.7. The molecule has 5 rings (SSSR count). The molecule has 2 heterocycles. The predicted octanol–water partition coefficient (Wildman–Crippen LogP) is 4.21. The normalized spacial score (nSPS) is 43.2. The van der Waals surface area contributed by atoms with Gasteiger partial charge in [-0.3, -0.25) is 9.59 Å². The van der Waals surface area contributed by atoms with Crippen LogP contribution in [0.4, 0.5) is 0 Å². The fourth-order valence-electron chi connectivity index (χ4n) is 6.40. The second-order valence-corrected chi connectivity index (χ2v) is 11.8. The molecule has 4 aliphatic rings. The Labute approximate surface area is 208 Å². The van der Waals surface area contributed by atoms with Crippen LogP contribution in [0.3, 0.4) is 0 Å². The van der Waals surface area contributed by atoms with Crippen LogP contribution in [-0.2, 0) is 39.9 Å². The fourth-order valence-corrected chi connectivity index (χ4v) is 7.59. The summed E-state index contributed by atoms with van der Waals surface area (Å²) >= 11 is 3.56. The average Bonchev–Trinajstić information content (AvgIpc) is 3.13. The quantitative estimate of drug-likeness (QED) is 0.381. The third-order valence-corrected chi connectivity index (χ3v) is 9.74. The lowest BCUT2D eigenvalue weighted by Crippen LogP contribution is -2.45. The van der Waals surface area contributed by atoms with Crippen molar-refractivity contribution in [2.75, 3.05) is 7.11 Å². The number of ether oxygens (including phenoxy) is 5. The number of methoxy groups -OCH3 is 1. The van der Waals surface area contributed by atoms with Gasteiger partial charge in [0, 0.05) is 7.11 Å². The van der Waals surface area contributed by atoms with Crippen LogP contribution in [0.2, 0.25) is 0 Å². The number of cyclic esters (lactones) is 2. The zero-order chi connectivity index (χ0) is 24.3. The van der Waals surface area contributed by atoms with E-state index in [1.54, 1.807) is 0 Å². The van der Waals surface area contributed by atoms with Crippen molar-refractivity contribution in [1.82, 2.24) is 0 Å². The van der Waals surface area contributed by atoms with E-state index in [4.69, 9.17) is 23.7 Å². The van der Waals surface area contributed by atoms with Gasteiger partial charge in [-0.2, -0.15) is 0 Å². The molecule has 4 fully saturated rings. The second-order valence-electron chi connectivity index (χ2n) is 10.6. The Kier molecular flexibility index (Phi) is 6.32. The van der Waals surface area contributed by atoms with Gasteiger partial charge in [-0.1, -0.05) is 73.5 Å². The first kappa shape index (κ1) is 24.2. The lowest BCUT2D eigenvalue weighted by atomic mass is 9.75. The van der Waals surface area contributed by atoms with Crippen LogP contribution in [0.5, 0.6) is 0 Å². The van der Waals surface area contributed by atoms with Crippen LogP contribution in [0.15, 0.2) is 30.3 Å². The van der Waals surface area contributed by atoms with Crippen molar-refractivity contribution in [3.63, 3.8) is 0 Å². The predicted molar refractivity (Wildman–Crippen MR) is 126 cm³/mol. The minimum absolute atomic E-state index is 0.0467. The number of hydrogen-bond donors (Lipinski definition) is 0. The van der Waals surface area contributed by atoms with Gasteiger partial charge in [0.05, 0.1) is 18.6 Å². The van der Waals surface area contributed by atoms with Crippen LogP contribution in [0.25, 0.3) is 0 Å². The van der Waals surface area contributed by atoms with E-state index < -0.39 is 46.3 Å². The highest BCUT2D eigenvalue weighted by molar-refractivity contribution is 9.10. The lowest BCUT2D eigenvalue weighted by molar-refractivity contribution is -0.216. The van der Waals surface area contributed by atoms with Crippen molar-refractivity contribution >= 4 is 27.9 Å². The molecular weight excluding hydrogens is 504 g/mol.